The summed E-state index contributed by atoms with van der Waals surface area (Å²) in [5, 5.41) is 6.60. The van der Waals surface area contributed by atoms with Gasteiger partial charge in [-0.3, -0.25) is 14.2 Å². The maximum absolute atomic E-state index is 15.3. The third-order valence-electron chi connectivity index (χ3n) is 8.12. The fourth-order valence-electron chi connectivity index (χ4n) is 5.63. The molecule has 0 radical (unpaired) electrons. The minimum Gasteiger partial charge on any atom is -0.368 e. The van der Waals surface area contributed by atoms with Gasteiger partial charge in [0.15, 0.2) is 22.4 Å². The van der Waals surface area contributed by atoms with E-state index in [-0.39, 0.29) is 22.4 Å². The van der Waals surface area contributed by atoms with Gasteiger partial charge in [0.25, 0.3) is 5.91 Å². The monoisotopic (exact) mass is 592 g/mol. The van der Waals surface area contributed by atoms with Crippen LogP contribution in [0.2, 0.25) is 0 Å². The van der Waals surface area contributed by atoms with Crippen LogP contribution in [0.1, 0.15) is 29.6 Å². The highest BCUT2D eigenvalue weighted by atomic mass is 32.1. The molecule has 0 spiro atoms. The molecule has 10 nitrogen and oxygen atoms in total. The summed E-state index contributed by atoms with van der Waals surface area (Å²) in [6.07, 6.45) is 4.66. The van der Waals surface area contributed by atoms with E-state index < -0.39 is 17.2 Å². The molecule has 0 bridgehead atoms. The fraction of sp³-hybridized carbons (Fsp3) is 0.467. The van der Waals surface area contributed by atoms with Crippen LogP contribution in [0, 0.1) is 5.82 Å². The van der Waals surface area contributed by atoms with Crippen LogP contribution >= 0.6 is 11.3 Å². The van der Waals surface area contributed by atoms with Gasteiger partial charge in [0.1, 0.15) is 5.56 Å². The van der Waals surface area contributed by atoms with Crippen molar-refractivity contribution in [2.75, 3.05) is 77.8 Å². The number of nitrogens with zero attached hydrogens (tertiary/aromatic N) is 6. The van der Waals surface area contributed by atoms with Crippen molar-refractivity contribution in [1.82, 2.24) is 34.6 Å². The van der Waals surface area contributed by atoms with Crippen molar-refractivity contribution in [2.45, 2.75) is 19.3 Å². The molecule has 2 aliphatic heterocycles. The summed E-state index contributed by atoms with van der Waals surface area (Å²) in [6.45, 7) is 8.83. The maximum atomic E-state index is 15.3. The summed E-state index contributed by atoms with van der Waals surface area (Å²) >= 11 is 1.42. The van der Waals surface area contributed by atoms with Crippen molar-refractivity contribution < 1.29 is 9.18 Å². The minimum atomic E-state index is -0.623. The van der Waals surface area contributed by atoms with Gasteiger partial charge in [-0.15, -0.1) is 0 Å². The van der Waals surface area contributed by atoms with E-state index in [0.717, 1.165) is 81.8 Å². The first-order chi connectivity index (χ1) is 20.5. The van der Waals surface area contributed by atoms with Gasteiger partial charge < -0.3 is 25.3 Å². The largest absolute Gasteiger partial charge is 0.368 e. The van der Waals surface area contributed by atoms with Crippen LogP contribution in [0.3, 0.4) is 0 Å². The number of carbonyl (C=O) groups is 1. The Hall–Kier alpha value is -3.45. The zero-order valence-electron chi connectivity index (χ0n) is 23.9. The van der Waals surface area contributed by atoms with Gasteiger partial charge in [0.2, 0.25) is 5.43 Å². The third-order valence-corrected chi connectivity index (χ3v) is 9.15. The second-order valence-corrected chi connectivity index (χ2v) is 12.1. The number of halogens is 1. The zero-order chi connectivity index (χ0) is 29.1. The number of pyridine rings is 2. The van der Waals surface area contributed by atoms with E-state index in [1.807, 2.05) is 24.3 Å². The maximum Gasteiger partial charge on any atom is 0.256 e. The van der Waals surface area contributed by atoms with Crippen LogP contribution in [0.25, 0.3) is 26.4 Å². The van der Waals surface area contributed by atoms with E-state index in [1.165, 1.54) is 23.6 Å². The van der Waals surface area contributed by atoms with Gasteiger partial charge in [-0.2, -0.15) is 0 Å². The Morgan fingerprint density at radius 2 is 1.76 bits per heavy atom. The van der Waals surface area contributed by atoms with Gasteiger partial charge in [0, 0.05) is 52.0 Å². The standard InChI is InChI=1S/C30H37FN8O2S/c1-36-15-17-38(18-16-36)13-6-9-32-27-23(31)19-21-26(40)22(29(41)33-10-14-37-11-4-5-12-37)20-39(28(21)35-27)30-34-24-7-2-3-8-25(24)42-30/h2-3,7-8,19-20H,4-6,9-18H2,1H3,(H,32,35)(H,33,41). The van der Waals surface area contributed by atoms with Crippen molar-refractivity contribution >= 4 is 44.3 Å². The highest BCUT2D eigenvalue weighted by Gasteiger charge is 2.22. The number of benzene rings is 1. The molecule has 2 N–H and O–H groups in total. The molecule has 2 saturated heterocycles. The average molecular weight is 593 g/mol. The topological polar surface area (TPSA) is 98.6 Å². The van der Waals surface area contributed by atoms with Crippen LogP contribution < -0.4 is 16.1 Å². The summed E-state index contributed by atoms with van der Waals surface area (Å²) in [5.41, 5.74) is 0.451. The molecule has 12 heteroatoms. The number of rotatable bonds is 10. The predicted octanol–water partition coefficient (Wildman–Crippen LogP) is 3.01. The third kappa shape index (κ3) is 6.31. The molecule has 6 rings (SSSR count). The highest BCUT2D eigenvalue weighted by Crippen LogP contribution is 2.28. The molecule has 0 atom stereocenters. The number of anilines is 1. The molecule has 4 aromatic rings. The van der Waals surface area contributed by atoms with Gasteiger partial charge in [0.05, 0.1) is 15.6 Å². The number of piperazine rings is 1. The summed E-state index contributed by atoms with van der Waals surface area (Å²) in [4.78, 5) is 43.1. The molecule has 42 heavy (non-hydrogen) atoms. The number of likely N-dealkylation sites (tertiary alicyclic amines) is 1. The predicted molar refractivity (Wildman–Crippen MR) is 166 cm³/mol. The molecular weight excluding hydrogens is 555 g/mol. The normalized spacial score (nSPS) is 16.9. The lowest BCUT2D eigenvalue weighted by Crippen LogP contribution is -2.44. The number of nitrogens with one attached hydrogen (secondary N) is 2. The fourth-order valence-corrected chi connectivity index (χ4v) is 6.57. The summed E-state index contributed by atoms with van der Waals surface area (Å²) in [5.74, 6) is -1.03. The Balaban J connectivity index is 1.28. The van der Waals surface area contributed by atoms with Crippen LogP contribution in [-0.2, 0) is 0 Å². The Bertz CT molecular complexity index is 1590. The highest BCUT2D eigenvalue weighted by molar-refractivity contribution is 7.20. The summed E-state index contributed by atoms with van der Waals surface area (Å²) in [7, 11) is 2.13. The number of para-hydroxylation sites is 1. The number of hydrogen-bond acceptors (Lipinski definition) is 9. The first kappa shape index (κ1) is 28.7. The van der Waals surface area contributed by atoms with Crippen LogP contribution in [0.4, 0.5) is 10.2 Å². The molecule has 0 saturated carbocycles. The second-order valence-electron chi connectivity index (χ2n) is 11.1. The van der Waals surface area contributed by atoms with Crippen LogP contribution in [0.5, 0.6) is 0 Å². The molecule has 0 aliphatic carbocycles. The van der Waals surface area contributed by atoms with E-state index >= 15 is 4.39 Å². The first-order valence-electron chi connectivity index (χ1n) is 14.7. The van der Waals surface area contributed by atoms with E-state index in [2.05, 4.69) is 37.4 Å². The molecule has 3 aromatic heterocycles. The first-order valence-corrected chi connectivity index (χ1v) is 15.5. The Morgan fingerprint density at radius 3 is 2.55 bits per heavy atom. The van der Waals surface area contributed by atoms with Crippen molar-refractivity contribution in [3.63, 3.8) is 0 Å². The number of amides is 1. The summed E-state index contributed by atoms with van der Waals surface area (Å²) in [6, 6.07) is 8.91. The van der Waals surface area contributed by atoms with E-state index in [9.17, 15) is 9.59 Å². The number of hydrogen-bond donors (Lipinski definition) is 2. The lowest BCUT2D eigenvalue weighted by atomic mass is 10.1. The van der Waals surface area contributed by atoms with E-state index in [4.69, 9.17) is 4.98 Å². The Labute approximate surface area is 248 Å². The molecule has 5 heterocycles. The minimum absolute atomic E-state index is 0.0435. The molecule has 2 aliphatic rings. The molecule has 0 unspecified atom stereocenters. The van der Waals surface area contributed by atoms with Crippen LogP contribution in [-0.4, -0.2) is 108 Å². The zero-order valence-corrected chi connectivity index (χ0v) is 24.8. The number of aromatic nitrogens is 3. The molecule has 1 amide bonds. The molecular formula is C30H37FN8O2S. The number of fused-ring (bicyclic) bond motifs is 2. The Morgan fingerprint density at radius 1 is 1.00 bits per heavy atom. The van der Waals surface area contributed by atoms with Gasteiger partial charge in [-0.1, -0.05) is 23.5 Å². The van der Waals surface area contributed by atoms with Gasteiger partial charge in [-0.25, -0.2) is 14.4 Å². The second kappa shape index (κ2) is 12.8. The number of carbonyl (C=O) groups excluding carboxylic acids is 1. The quantitative estimate of drug-likeness (QED) is 0.271. The average Bonchev–Trinajstić information content (AvgIpc) is 3.67. The summed E-state index contributed by atoms with van der Waals surface area (Å²) < 4.78 is 17.9. The van der Waals surface area contributed by atoms with E-state index in [1.54, 1.807) is 4.57 Å². The van der Waals surface area contributed by atoms with Crippen molar-refractivity contribution in [1.29, 1.82) is 0 Å². The smallest absolute Gasteiger partial charge is 0.256 e. The molecule has 222 valence electrons. The number of thiazole rings is 1. The Kier molecular flexibility index (Phi) is 8.75. The molecule has 2 fully saturated rings. The van der Waals surface area contributed by atoms with E-state index in [0.29, 0.717) is 18.2 Å². The number of likely N-dealkylation sites (N-methyl/N-ethyl adjacent to an activating group) is 1. The van der Waals surface area contributed by atoms with Gasteiger partial charge in [-0.05, 0) is 64.1 Å². The van der Waals surface area contributed by atoms with Crippen molar-refractivity contribution in [3.8, 4) is 5.13 Å². The van der Waals surface area contributed by atoms with Gasteiger partial charge >= 0.3 is 0 Å². The van der Waals surface area contributed by atoms with Crippen LogP contribution in [0.15, 0.2) is 41.3 Å². The molecule has 1 aromatic carbocycles. The lowest BCUT2D eigenvalue weighted by Gasteiger charge is -2.32. The van der Waals surface area contributed by atoms with Crippen molar-refractivity contribution in [2.24, 2.45) is 0 Å². The van der Waals surface area contributed by atoms with Crippen molar-refractivity contribution in [3.05, 3.63) is 58.1 Å². The lowest BCUT2D eigenvalue weighted by molar-refractivity contribution is 0.0948. The SMILES string of the molecule is CN1CCN(CCCNc2nc3c(cc2F)c(=O)c(C(=O)NCCN2CCCC2)cn3-c2nc3ccccc3s2)CC1.